The Morgan fingerprint density at radius 3 is 2.61 bits per heavy atom. The summed E-state index contributed by atoms with van der Waals surface area (Å²) in [5, 5.41) is 12.3. The molecule has 3 aromatic rings. The first-order chi connectivity index (χ1) is 15.9. The van der Waals surface area contributed by atoms with Gasteiger partial charge in [0.1, 0.15) is 12.4 Å². The Morgan fingerprint density at radius 1 is 1.09 bits per heavy atom. The summed E-state index contributed by atoms with van der Waals surface area (Å²) in [5.74, 6) is 1.32. The molecule has 0 aliphatic heterocycles. The summed E-state index contributed by atoms with van der Waals surface area (Å²) in [6, 6.07) is 17.4. The first-order valence-corrected chi connectivity index (χ1v) is 12.3. The molecule has 0 spiro atoms. The van der Waals surface area contributed by atoms with Gasteiger partial charge in [0, 0.05) is 17.0 Å². The number of benzene rings is 2. The van der Waals surface area contributed by atoms with Gasteiger partial charge in [-0.05, 0) is 48.1 Å². The number of aromatic nitrogens is 3. The molecule has 2 bridgehead atoms. The van der Waals surface area contributed by atoms with E-state index in [1.54, 1.807) is 0 Å². The van der Waals surface area contributed by atoms with E-state index in [0.717, 1.165) is 41.2 Å². The average molecular weight is 461 g/mol. The second-order valence-corrected chi connectivity index (χ2v) is 10.6. The molecule has 33 heavy (non-hydrogen) atoms. The van der Waals surface area contributed by atoms with Crippen LogP contribution in [0.3, 0.4) is 0 Å². The minimum absolute atomic E-state index is 0.0326. The van der Waals surface area contributed by atoms with Crippen molar-refractivity contribution in [3.8, 4) is 5.75 Å². The van der Waals surface area contributed by atoms with E-state index in [2.05, 4.69) is 36.3 Å². The second-order valence-electron chi connectivity index (χ2n) is 9.61. The molecule has 1 aromatic heterocycles. The van der Waals surface area contributed by atoms with Crippen molar-refractivity contribution in [3.63, 3.8) is 0 Å². The van der Waals surface area contributed by atoms with Gasteiger partial charge in [0.15, 0.2) is 0 Å². The Bertz CT molecular complexity index is 1170. The van der Waals surface area contributed by atoms with Crippen LogP contribution in [0.4, 0.5) is 5.69 Å². The summed E-state index contributed by atoms with van der Waals surface area (Å²) in [5.41, 5.74) is 4.15. The highest BCUT2D eigenvalue weighted by Gasteiger charge is 2.61. The van der Waals surface area contributed by atoms with Gasteiger partial charge in [0.05, 0.1) is 17.1 Å². The molecule has 6 nitrogen and oxygen atoms in total. The number of thioether (sulfide) groups is 1. The lowest BCUT2D eigenvalue weighted by molar-refractivity contribution is -0.113. The highest BCUT2D eigenvalue weighted by Crippen LogP contribution is 2.66. The van der Waals surface area contributed by atoms with E-state index >= 15 is 0 Å². The second kappa shape index (κ2) is 8.45. The summed E-state index contributed by atoms with van der Waals surface area (Å²) in [6.07, 6.45) is 2.28. The first-order valence-electron chi connectivity index (χ1n) is 11.3. The van der Waals surface area contributed by atoms with Gasteiger partial charge >= 0.3 is 0 Å². The summed E-state index contributed by atoms with van der Waals surface area (Å²) in [4.78, 5) is 17.3. The van der Waals surface area contributed by atoms with E-state index in [9.17, 15) is 4.79 Å². The predicted molar refractivity (Wildman–Crippen MR) is 130 cm³/mol. The molecule has 170 valence electrons. The molecule has 1 heterocycles. The van der Waals surface area contributed by atoms with Crippen LogP contribution in [0.15, 0.2) is 59.8 Å². The normalized spacial score (nSPS) is 22.1. The van der Waals surface area contributed by atoms with Crippen LogP contribution in [0.25, 0.3) is 0 Å². The standard InChI is InChI=1S/C26H28N4O2S/c1-25(2)20-13-14-26(25,3)23-22(20)29-30-24(28-23)33-16-21(31)27-18-9-11-19(12-10-18)32-15-17-7-5-4-6-8-17/h4-12,20H,13-16H2,1-3H3,(H,27,31)/t20-,26+/m1/s1. The van der Waals surface area contributed by atoms with Gasteiger partial charge in [-0.25, -0.2) is 4.98 Å². The summed E-state index contributed by atoms with van der Waals surface area (Å²) in [7, 11) is 0. The van der Waals surface area contributed by atoms with Gasteiger partial charge in [-0.15, -0.1) is 5.10 Å². The monoisotopic (exact) mass is 460 g/mol. The molecule has 0 saturated heterocycles. The smallest absolute Gasteiger partial charge is 0.234 e. The molecule has 7 heteroatoms. The summed E-state index contributed by atoms with van der Waals surface area (Å²) in [6.45, 7) is 7.43. The molecule has 1 fully saturated rings. The lowest BCUT2D eigenvalue weighted by Gasteiger charge is -2.33. The zero-order valence-corrected chi connectivity index (χ0v) is 20.0. The van der Waals surface area contributed by atoms with Gasteiger partial charge in [0.25, 0.3) is 0 Å². The predicted octanol–water partition coefficient (Wildman–Crippen LogP) is 5.36. The van der Waals surface area contributed by atoms with Crippen molar-refractivity contribution in [2.75, 3.05) is 11.1 Å². The van der Waals surface area contributed by atoms with Crippen molar-refractivity contribution < 1.29 is 9.53 Å². The Hall–Kier alpha value is -2.93. The lowest BCUT2D eigenvalue weighted by Crippen LogP contribution is -2.32. The zero-order chi connectivity index (χ0) is 23.1. The molecular formula is C26H28N4O2S. The maximum absolute atomic E-state index is 12.5. The van der Waals surface area contributed by atoms with Crippen molar-refractivity contribution in [3.05, 3.63) is 71.5 Å². The number of hydrogen-bond acceptors (Lipinski definition) is 6. The minimum atomic E-state index is -0.102. The van der Waals surface area contributed by atoms with Crippen LogP contribution in [0, 0.1) is 5.41 Å². The highest BCUT2D eigenvalue weighted by atomic mass is 32.2. The van der Waals surface area contributed by atoms with Crippen molar-refractivity contribution in [2.45, 2.75) is 56.7 Å². The third kappa shape index (κ3) is 3.99. The van der Waals surface area contributed by atoms with Crippen LogP contribution in [0.2, 0.25) is 0 Å². The van der Waals surface area contributed by atoms with Crippen LogP contribution in [0.1, 0.15) is 56.5 Å². The Kier molecular flexibility index (Phi) is 5.60. The number of fused-ring (bicyclic) bond motifs is 5. The van der Waals surface area contributed by atoms with Crippen LogP contribution >= 0.6 is 11.8 Å². The third-order valence-corrected chi connectivity index (χ3v) is 8.33. The molecule has 1 saturated carbocycles. The fourth-order valence-corrected chi connectivity index (χ4v) is 5.71. The molecule has 5 rings (SSSR count). The van der Waals surface area contributed by atoms with E-state index in [4.69, 9.17) is 9.72 Å². The minimum Gasteiger partial charge on any atom is -0.489 e. The number of anilines is 1. The molecule has 1 N–H and O–H groups in total. The molecule has 0 radical (unpaired) electrons. The molecule has 2 aliphatic carbocycles. The number of hydrogen-bond donors (Lipinski definition) is 1. The maximum atomic E-state index is 12.5. The molecule has 2 aliphatic rings. The fourth-order valence-electron chi connectivity index (χ4n) is 5.13. The highest BCUT2D eigenvalue weighted by molar-refractivity contribution is 7.99. The quantitative estimate of drug-likeness (QED) is 0.479. The molecular weight excluding hydrogens is 432 g/mol. The van der Waals surface area contributed by atoms with Gasteiger partial charge in [0.2, 0.25) is 11.1 Å². The van der Waals surface area contributed by atoms with Crippen LogP contribution < -0.4 is 10.1 Å². The van der Waals surface area contributed by atoms with Crippen LogP contribution in [-0.4, -0.2) is 26.8 Å². The maximum Gasteiger partial charge on any atom is 0.234 e. The Balaban J connectivity index is 1.15. The van der Waals surface area contributed by atoms with Crippen LogP contribution in [0.5, 0.6) is 5.75 Å². The number of nitrogens with one attached hydrogen (secondary N) is 1. The number of carbonyl (C=O) groups is 1. The number of nitrogens with zero attached hydrogens (tertiary/aromatic N) is 3. The number of amides is 1. The van der Waals surface area contributed by atoms with E-state index in [0.29, 0.717) is 17.7 Å². The first kappa shape index (κ1) is 21.9. The van der Waals surface area contributed by atoms with E-state index in [1.165, 1.54) is 11.8 Å². The Morgan fingerprint density at radius 2 is 1.85 bits per heavy atom. The molecule has 2 aromatic carbocycles. The fraction of sp³-hybridized carbons (Fsp3) is 0.385. The molecule has 0 unspecified atom stereocenters. The SMILES string of the molecule is CC1(C)[C@@H]2CC[C@@]1(C)c1nc(SCC(=O)Nc3ccc(OCc4ccccc4)cc3)nnc12. The summed E-state index contributed by atoms with van der Waals surface area (Å²) < 4.78 is 5.80. The topological polar surface area (TPSA) is 77.0 Å². The summed E-state index contributed by atoms with van der Waals surface area (Å²) >= 11 is 1.33. The lowest BCUT2D eigenvalue weighted by atomic mass is 9.70. The Labute approximate surface area is 198 Å². The van der Waals surface area contributed by atoms with Gasteiger partial charge < -0.3 is 10.1 Å². The van der Waals surface area contributed by atoms with E-state index < -0.39 is 0 Å². The van der Waals surface area contributed by atoms with Gasteiger partial charge in [-0.2, -0.15) is 5.10 Å². The zero-order valence-electron chi connectivity index (χ0n) is 19.2. The van der Waals surface area contributed by atoms with Crippen molar-refractivity contribution in [2.24, 2.45) is 5.41 Å². The van der Waals surface area contributed by atoms with Crippen molar-refractivity contribution in [1.29, 1.82) is 0 Å². The number of ether oxygens (including phenoxy) is 1. The third-order valence-electron chi connectivity index (χ3n) is 7.49. The molecule has 1 amide bonds. The van der Waals surface area contributed by atoms with Crippen molar-refractivity contribution >= 4 is 23.4 Å². The van der Waals surface area contributed by atoms with E-state index in [-0.39, 0.29) is 22.5 Å². The largest absolute Gasteiger partial charge is 0.489 e. The number of carbonyl (C=O) groups excluding carboxylic acids is 1. The van der Waals surface area contributed by atoms with Gasteiger partial charge in [-0.1, -0.05) is 62.9 Å². The average Bonchev–Trinajstić information content (AvgIpc) is 3.16. The van der Waals surface area contributed by atoms with E-state index in [1.807, 2.05) is 54.6 Å². The van der Waals surface area contributed by atoms with Crippen molar-refractivity contribution in [1.82, 2.24) is 15.2 Å². The number of rotatable bonds is 7. The molecule has 2 atom stereocenters. The van der Waals surface area contributed by atoms with Gasteiger partial charge in [-0.3, -0.25) is 4.79 Å². The van der Waals surface area contributed by atoms with Crippen LogP contribution in [-0.2, 0) is 16.8 Å².